The molecule has 1 aliphatic heterocycles. The van der Waals surface area contributed by atoms with Gasteiger partial charge in [0.15, 0.2) is 0 Å². The average molecular weight is 481 g/mol. The molecule has 0 aliphatic carbocycles. The fourth-order valence-electron chi connectivity index (χ4n) is 4.14. The number of aromatic nitrogens is 1. The Labute approximate surface area is 198 Å². The average Bonchev–Trinajstić information content (AvgIpc) is 3.00. The van der Waals surface area contributed by atoms with Gasteiger partial charge in [0.1, 0.15) is 5.82 Å². The molecule has 176 valence electrons. The highest BCUT2D eigenvalue weighted by atomic mass is 32.2. The minimum absolute atomic E-state index is 0.0429. The highest BCUT2D eigenvalue weighted by Crippen LogP contribution is 2.23. The van der Waals surface area contributed by atoms with Gasteiger partial charge in [0.25, 0.3) is 0 Å². The molecule has 2 heterocycles. The van der Waals surface area contributed by atoms with Crippen molar-refractivity contribution in [2.75, 3.05) is 26.2 Å². The van der Waals surface area contributed by atoms with Crippen LogP contribution < -0.4 is 0 Å². The summed E-state index contributed by atoms with van der Waals surface area (Å²) >= 11 is 0. The number of fused-ring (bicyclic) bond motifs is 1. The summed E-state index contributed by atoms with van der Waals surface area (Å²) in [6.07, 6.45) is 6.12. The third kappa shape index (κ3) is 5.03. The van der Waals surface area contributed by atoms with Crippen molar-refractivity contribution < 1.29 is 17.6 Å². The topological polar surface area (TPSA) is 86.4 Å². The molecular formula is C25H25FN4O3S. The van der Waals surface area contributed by atoms with Crippen molar-refractivity contribution in [3.63, 3.8) is 0 Å². The van der Waals surface area contributed by atoms with Gasteiger partial charge >= 0.3 is 0 Å². The number of nitriles is 1. The highest BCUT2D eigenvalue weighted by molar-refractivity contribution is 7.89. The van der Waals surface area contributed by atoms with E-state index in [1.54, 1.807) is 11.0 Å². The smallest absolute Gasteiger partial charge is 0.246 e. The van der Waals surface area contributed by atoms with Crippen molar-refractivity contribution in [2.24, 2.45) is 0 Å². The number of carbonyl (C=O) groups excluding carboxylic acids is 1. The maximum atomic E-state index is 13.2. The van der Waals surface area contributed by atoms with Crippen LogP contribution in [0.2, 0.25) is 0 Å². The van der Waals surface area contributed by atoms with Gasteiger partial charge in [-0.15, -0.1) is 0 Å². The highest BCUT2D eigenvalue weighted by Gasteiger charge is 2.27. The van der Waals surface area contributed by atoms with Crippen LogP contribution in [0.15, 0.2) is 65.7 Å². The van der Waals surface area contributed by atoms with Crippen LogP contribution in [0.3, 0.4) is 0 Å². The third-order valence-electron chi connectivity index (χ3n) is 5.91. The molecule has 0 N–H and O–H groups in total. The molecule has 34 heavy (non-hydrogen) atoms. The molecule has 4 rings (SSSR count). The first-order chi connectivity index (χ1) is 16.4. The molecule has 1 saturated heterocycles. The Morgan fingerprint density at radius 1 is 1.06 bits per heavy atom. The van der Waals surface area contributed by atoms with Crippen LogP contribution >= 0.6 is 0 Å². The second kappa shape index (κ2) is 10.2. The molecule has 0 unspecified atom stereocenters. The Morgan fingerprint density at radius 3 is 2.59 bits per heavy atom. The van der Waals surface area contributed by atoms with Crippen LogP contribution in [0.1, 0.15) is 18.4 Å². The van der Waals surface area contributed by atoms with Crippen molar-refractivity contribution in [1.29, 1.82) is 5.26 Å². The summed E-state index contributed by atoms with van der Waals surface area (Å²) in [6, 6.07) is 14.8. The molecule has 1 amide bonds. The normalized spacial score (nSPS) is 15.5. The number of nitrogens with zero attached hydrogens (tertiary/aromatic N) is 4. The van der Waals surface area contributed by atoms with Crippen molar-refractivity contribution in [3.05, 3.63) is 72.2 Å². The quantitative estimate of drug-likeness (QED) is 0.504. The van der Waals surface area contributed by atoms with E-state index in [4.69, 9.17) is 5.26 Å². The lowest BCUT2D eigenvalue weighted by Crippen LogP contribution is -2.36. The van der Waals surface area contributed by atoms with E-state index in [0.717, 1.165) is 28.6 Å². The monoisotopic (exact) mass is 480 g/mol. The molecule has 3 aromatic rings. The van der Waals surface area contributed by atoms with E-state index >= 15 is 0 Å². The van der Waals surface area contributed by atoms with Gasteiger partial charge in [-0.1, -0.05) is 18.2 Å². The SMILES string of the molecule is N#CCCn1cc(/C=C/C(=O)N2CCCN(S(=O)(=O)c3ccc(F)cc3)CC2)c2ccccc21. The lowest BCUT2D eigenvalue weighted by atomic mass is 10.1. The molecule has 1 aliphatic rings. The van der Waals surface area contributed by atoms with Crippen LogP contribution in [0.25, 0.3) is 17.0 Å². The van der Waals surface area contributed by atoms with Crippen LogP contribution in [0.4, 0.5) is 4.39 Å². The van der Waals surface area contributed by atoms with Gasteiger partial charge in [-0.05, 0) is 42.8 Å². The number of benzene rings is 2. The first-order valence-electron chi connectivity index (χ1n) is 11.1. The van der Waals surface area contributed by atoms with E-state index in [-0.39, 0.29) is 23.9 Å². The predicted octanol–water partition coefficient (Wildman–Crippen LogP) is 3.63. The van der Waals surface area contributed by atoms with Gasteiger partial charge in [-0.25, -0.2) is 12.8 Å². The standard InChI is InChI=1S/C25H25FN4O3S/c26-21-8-10-22(11-9-21)34(32,33)30-16-4-15-28(17-18-30)25(31)12-7-20-19-29(14-3-13-27)24-6-2-1-5-23(20)24/h1-2,5-12,19H,3-4,14-18H2/b12-7+. The zero-order valence-corrected chi connectivity index (χ0v) is 19.4. The lowest BCUT2D eigenvalue weighted by Gasteiger charge is -2.21. The molecule has 7 nitrogen and oxygen atoms in total. The fourth-order valence-corrected chi connectivity index (χ4v) is 5.61. The summed E-state index contributed by atoms with van der Waals surface area (Å²) in [5.74, 6) is -0.679. The zero-order valence-electron chi connectivity index (χ0n) is 18.6. The lowest BCUT2D eigenvalue weighted by molar-refractivity contribution is -0.125. The van der Waals surface area contributed by atoms with E-state index in [1.807, 2.05) is 35.0 Å². The zero-order chi connectivity index (χ0) is 24.1. The number of hydrogen-bond acceptors (Lipinski definition) is 4. The van der Waals surface area contributed by atoms with E-state index < -0.39 is 15.8 Å². The number of amides is 1. The number of hydrogen-bond donors (Lipinski definition) is 0. The molecular weight excluding hydrogens is 455 g/mol. The Kier molecular flexibility index (Phi) is 7.10. The summed E-state index contributed by atoms with van der Waals surface area (Å²) in [6.45, 7) is 1.76. The van der Waals surface area contributed by atoms with Gasteiger partial charge in [0.2, 0.25) is 15.9 Å². The van der Waals surface area contributed by atoms with Gasteiger partial charge in [0.05, 0.1) is 17.4 Å². The Bertz CT molecular complexity index is 1360. The van der Waals surface area contributed by atoms with Crippen molar-refractivity contribution in [3.8, 4) is 6.07 Å². The first kappa shape index (κ1) is 23.7. The molecule has 1 aromatic heterocycles. The molecule has 0 spiro atoms. The maximum Gasteiger partial charge on any atom is 0.246 e. The number of para-hydroxylation sites is 1. The fraction of sp³-hybridized carbons (Fsp3) is 0.280. The molecule has 1 fully saturated rings. The summed E-state index contributed by atoms with van der Waals surface area (Å²) in [7, 11) is -3.75. The van der Waals surface area contributed by atoms with Crippen LogP contribution in [0, 0.1) is 17.1 Å². The second-order valence-electron chi connectivity index (χ2n) is 8.07. The van der Waals surface area contributed by atoms with Gasteiger partial charge in [-0.3, -0.25) is 4.79 Å². The predicted molar refractivity (Wildman–Crippen MR) is 128 cm³/mol. The maximum absolute atomic E-state index is 13.2. The Balaban J connectivity index is 1.46. The van der Waals surface area contributed by atoms with E-state index in [0.29, 0.717) is 32.5 Å². The van der Waals surface area contributed by atoms with Gasteiger partial charge in [-0.2, -0.15) is 9.57 Å². The van der Waals surface area contributed by atoms with Crippen molar-refractivity contribution >= 4 is 32.9 Å². The third-order valence-corrected chi connectivity index (χ3v) is 7.82. The minimum Gasteiger partial charge on any atom is -0.346 e. The van der Waals surface area contributed by atoms with Crippen LogP contribution in [0.5, 0.6) is 0 Å². The molecule has 0 bridgehead atoms. The van der Waals surface area contributed by atoms with E-state index in [1.165, 1.54) is 22.5 Å². The van der Waals surface area contributed by atoms with Crippen molar-refractivity contribution in [2.45, 2.75) is 24.3 Å². The molecule has 9 heteroatoms. The summed E-state index contributed by atoms with van der Waals surface area (Å²) in [5.41, 5.74) is 1.89. The Hall–Kier alpha value is -3.48. The first-order valence-corrected chi connectivity index (χ1v) is 12.5. The summed E-state index contributed by atoms with van der Waals surface area (Å²) in [4.78, 5) is 14.6. The van der Waals surface area contributed by atoms with Crippen LogP contribution in [-0.2, 0) is 21.4 Å². The minimum atomic E-state index is -3.75. The van der Waals surface area contributed by atoms with E-state index in [9.17, 15) is 17.6 Å². The Morgan fingerprint density at radius 2 is 1.82 bits per heavy atom. The largest absolute Gasteiger partial charge is 0.346 e. The van der Waals surface area contributed by atoms with Crippen LogP contribution in [-0.4, -0.2) is 54.3 Å². The van der Waals surface area contributed by atoms with E-state index in [2.05, 4.69) is 6.07 Å². The van der Waals surface area contributed by atoms with Gasteiger partial charge < -0.3 is 9.47 Å². The number of aryl methyl sites for hydroxylation is 1. The summed E-state index contributed by atoms with van der Waals surface area (Å²) < 4.78 is 42.3. The molecule has 0 radical (unpaired) electrons. The molecule has 0 atom stereocenters. The number of carbonyl (C=O) groups is 1. The van der Waals surface area contributed by atoms with Crippen molar-refractivity contribution in [1.82, 2.24) is 13.8 Å². The number of rotatable bonds is 6. The second-order valence-corrected chi connectivity index (χ2v) is 10.0. The number of sulfonamides is 1. The molecule has 2 aromatic carbocycles. The van der Waals surface area contributed by atoms with Gasteiger partial charge in [0, 0.05) is 61.5 Å². The summed E-state index contributed by atoms with van der Waals surface area (Å²) in [5, 5.41) is 9.91. The molecule has 0 saturated carbocycles. The number of halogens is 1.